The lowest BCUT2D eigenvalue weighted by atomic mass is 9.93. The Labute approximate surface area is 104 Å². The smallest absolute Gasteiger partial charge is 0.0334 e. The van der Waals surface area contributed by atoms with Gasteiger partial charge >= 0.3 is 0 Å². The maximum absolute atomic E-state index is 3.19. The number of dihydropyridines is 1. The van der Waals surface area contributed by atoms with Crippen molar-refractivity contribution in [1.29, 1.82) is 0 Å². The molecule has 1 atom stereocenters. The van der Waals surface area contributed by atoms with Crippen molar-refractivity contribution in [2.75, 3.05) is 6.54 Å². The topological polar surface area (TPSA) is 12.0 Å². The third-order valence-corrected chi connectivity index (χ3v) is 3.33. The van der Waals surface area contributed by atoms with Gasteiger partial charge in [-0.3, -0.25) is 0 Å². The lowest BCUT2D eigenvalue weighted by molar-refractivity contribution is 0.665. The molecular formula is C16H21N. The molecule has 1 aromatic rings. The monoisotopic (exact) mass is 227 g/mol. The van der Waals surface area contributed by atoms with Crippen LogP contribution in [0.3, 0.4) is 0 Å². The zero-order valence-electron chi connectivity index (χ0n) is 10.7. The molecular weight excluding hydrogens is 206 g/mol. The first-order valence-corrected chi connectivity index (χ1v) is 6.51. The van der Waals surface area contributed by atoms with Crippen LogP contribution >= 0.6 is 0 Å². The Bertz CT molecular complexity index is 429. The summed E-state index contributed by atoms with van der Waals surface area (Å²) in [5, 5.41) is 3.19. The summed E-state index contributed by atoms with van der Waals surface area (Å²) in [6.07, 6.45) is 8.92. The van der Waals surface area contributed by atoms with E-state index in [1.807, 2.05) is 6.20 Å². The first kappa shape index (κ1) is 12.0. The van der Waals surface area contributed by atoms with Crippen LogP contribution in [0.4, 0.5) is 0 Å². The summed E-state index contributed by atoms with van der Waals surface area (Å²) in [5.74, 6) is 0.659. The van der Waals surface area contributed by atoms with Gasteiger partial charge in [-0.2, -0.15) is 0 Å². The first-order valence-electron chi connectivity index (χ1n) is 6.51. The Balaban J connectivity index is 2.22. The summed E-state index contributed by atoms with van der Waals surface area (Å²) in [6, 6.07) is 8.95. The zero-order chi connectivity index (χ0) is 12.1. The lowest BCUT2D eigenvalue weighted by Gasteiger charge is -2.14. The molecule has 0 fully saturated rings. The van der Waals surface area contributed by atoms with Crippen LogP contribution in [0, 0.1) is 0 Å². The molecule has 0 amide bonds. The van der Waals surface area contributed by atoms with Gasteiger partial charge in [0.05, 0.1) is 0 Å². The fraction of sp³-hybridized carbons (Fsp3) is 0.375. The molecule has 1 N–H and O–H groups in total. The van der Waals surface area contributed by atoms with Crippen molar-refractivity contribution < 1.29 is 0 Å². The Morgan fingerprint density at radius 2 is 2.24 bits per heavy atom. The molecule has 90 valence electrons. The van der Waals surface area contributed by atoms with Crippen LogP contribution < -0.4 is 5.32 Å². The van der Waals surface area contributed by atoms with E-state index in [1.54, 1.807) is 0 Å². The summed E-state index contributed by atoms with van der Waals surface area (Å²) in [5.41, 5.74) is 4.12. The van der Waals surface area contributed by atoms with Crippen molar-refractivity contribution in [3.8, 4) is 0 Å². The van der Waals surface area contributed by atoms with E-state index in [9.17, 15) is 0 Å². The number of allylic oxidation sites excluding steroid dienone is 2. The Kier molecular flexibility index (Phi) is 4.03. The second-order valence-corrected chi connectivity index (χ2v) is 4.72. The number of nitrogens with one attached hydrogen (secondary N) is 1. The van der Waals surface area contributed by atoms with Crippen LogP contribution in [0.2, 0.25) is 0 Å². The van der Waals surface area contributed by atoms with E-state index < -0.39 is 0 Å². The Morgan fingerprint density at radius 1 is 1.35 bits per heavy atom. The van der Waals surface area contributed by atoms with Crippen LogP contribution in [-0.2, 0) is 0 Å². The highest BCUT2D eigenvalue weighted by atomic mass is 14.8. The van der Waals surface area contributed by atoms with Crippen LogP contribution in [0.25, 0.3) is 5.57 Å². The van der Waals surface area contributed by atoms with Gasteiger partial charge in [0.25, 0.3) is 0 Å². The maximum atomic E-state index is 3.19. The van der Waals surface area contributed by atoms with Gasteiger partial charge in [-0.15, -0.1) is 0 Å². The molecule has 1 aromatic carbocycles. The molecule has 0 aromatic heterocycles. The average molecular weight is 227 g/mol. The van der Waals surface area contributed by atoms with Crippen molar-refractivity contribution in [3.05, 3.63) is 53.7 Å². The lowest BCUT2D eigenvalue weighted by Crippen LogP contribution is -2.08. The average Bonchev–Trinajstić information content (AvgIpc) is 2.40. The molecule has 2 rings (SSSR count). The predicted molar refractivity (Wildman–Crippen MR) is 74.9 cm³/mol. The van der Waals surface area contributed by atoms with Gasteiger partial charge in [0.15, 0.2) is 0 Å². The molecule has 0 bridgehead atoms. The van der Waals surface area contributed by atoms with Crippen molar-refractivity contribution in [1.82, 2.24) is 5.32 Å². The quantitative estimate of drug-likeness (QED) is 0.817. The molecule has 1 unspecified atom stereocenters. The Morgan fingerprint density at radius 3 is 2.94 bits per heavy atom. The first-order chi connectivity index (χ1) is 8.31. The Hall–Kier alpha value is -1.50. The standard InChI is InChI=1S/C16H21N/c1-3-5-13(2)15-6-4-7-16(12-15)14-8-10-17-11-9-14/h4,6-10,12-13,17H,3,5,11H2,1-2H3. The number of benzene rings is 1. The van der Waals surface area contributed by atoms with E-state index in [0.717, 1.165) is 6.54 Å². The van der Waals surface area contributed by atoms with Gasteiger partial charge in [0.1, 0.15) is 0 Å². The number of hydrogen-bond donors (Lipinski definition) is 1. The molecule has 0 saturated heterocycles. The maximum Gasteiger partial charge on any atom is 0.0334 e. The highest BCUT2D eigenvalue weighted by Gasteiger charge is 2.06. The van der Waals surface area contributed by atoms with E-state index in [4.69, 9.17) is 0 Å². The molecule has 0 radical (unpaired) electrons. The summed E-state index contributed by atoms with van der Waals surface area (Å²) in [7, 11) is 0. The van der Waals surface area contributed by atoms with E-state index in [2.05, 4.69) is 55.6 Å². The summed E-state index contributed by atoms with van der Waals surface area (Å²) in [4.78, 5) is 0. The summed E-state index contributed by atoms with van der Waals surface area (Å²) in [6.45, 7) is 5.49. The molecule has 0 aliphatic carbocycles. The van der Waals surface area contributed by atoms with E-state index in [1.165, 1.54) is 29.5 Å². The third kappa shape index (κ3) is 3.00. The molecule has 1 heteroatoms. The molecule has 1 aliphatic heterocycles. The molecule has 0 saturated carbocycles. The normalized spacial score (nSPS) is 16.2. The van der Waals surface area contributed by atoms with Gasteiger partial charge in [-0.05, 0) is 41.3 Å². The molecule has 1 nitrogen and oxygen atoms in total. The second kappa shape index (κ2) is 5.72. The van der Waals surface area contributed by atoms with Crippen LogP contribution in [0.1, 0.15) is 43.7 Å². The minimum Gasteiger partial charge on any atom is -0.387 e. The highest BCUT2D eigenvalue weighted by Crippen LogP contribution is 2.25. The van der Waals surface area contributed by atoms with Gasteiger partial charge in [0.2, 0.25) is 0 Å². The van der Waals surface area contributed by atoms with Crippen molar-refractivity contribution >= 4 is 5.57 Å². The largest absolute Gasteiger partial charge is 0.387 e. The van der Waals surface area contributed by atoms with Crippen molar-refractivity contribution in [3.63, 3.8) is 0 Å². The van der Waals surface area contributed by atoms with Crippen LogP contribution in [0.15, 0.2) is 42.6 Å². The van der Waals surface area contributed by atoms with E-state index >= 15 is 0 Å². The predicted octanol–water partition coefficient (Wildman–Crippen LogP) is 4.09. The van der Waals surface area contributed by atoms with Gasteiger partial charge in [-0.1, -0.05) is 50.6 Å². The summed E-state index contributed by atoms with van der Waals surface area (Å²) >= 11 is 0. The van der Waals surface area contributed by atoms with Gasteiger partial charge < -0.3 is 5.32 Å². The fourth-order valence-electron chi connectivity index (χ4n) is 2.29. The number of hydrogen-bond acceptors (Lipinski definition) is 1. The van der Waals surface area contributed by atoms with Crippen LogP contribution in [0.5, 0.6) is 0 Å². The van der Waals surface area contributed by atoms with E-state index in [-0.39, 0.29) is 0 Å². The fourth-order valence-corrected chi connectivity index (χ4v) is 2.29. The zero-order valence-corrected chi connectivity index (χ0v) is 10.7. The molecule has 1 heterocycles. The summed E-state index contributed by atoms with van der Waals surface area (Å²) < 4.78 is 0. The van der Waals surface area contributed by atoms with Gasteiger partial charge in [0, 0.05) is 6.54 Å². The molecule has 17 heavy (non-hydrogen) atoms. The molecule has 1 aliphatic rings. The minimum atomic E-state index is 0.659. The van der Waals surface area contributed by atoms with Crippen molar-refractivity contribution in [2.45, 2.75) is 32.6 Å². The number of rotatable bonds is 4. The van der Waals surface area contributed by atoms with Gasteiger partial charge in [-0.25, -0.2) is 0 Å². The second-order valence-electron chi connectivity index (χ2n) is 4.72. The third-order valence-electron chi connectivity index (χ3n) is 3.33. The highest BCUT2D eigenvalue weighted by molar-refractivity contribution is 5.75. The van der Waals surface area contributed by atoms with Crippen LogP contribution in [-0.4, -0.2) is 6.54 Å². The SMILES string of the molecule is CCCC(C)c1cccc(C2=CCNC=C2)c1. The van der Waals surface area contributed by atoms with Crippen molar-refractivity contribution in [2.24, 2.45) is 0 Å². The van der Waals surface area contributed by atoms with E-state index in [0.29, 0.717) is 5.92 Å². The molecule has 0 spiro atoms. The minimum absolute atomic E-state index is 0.659.